The number of thiazole rings is 1. The zero-order chi connectivity index (χ0) is 22.3. The van der Waals surface area contributed by atoms with Crippen LogP contribution in [0.15, 0.2) is 58.9 Å². The number of thiophene rings is 1. The zero-order valence-electron chi connectivity index (χ0n) is 17.7. The van der Waals surface area contributed by atoms with E-state index in [4.69, 9.17) is 4.74 Å². The summed E-state index contributed by atoms with van der Waals surface area (Å²) in [5.41, 5.74) is 2.82. The van der Waals surface area contributed by atoms with Gasteiger partial charge in [0.25, 0.3) is 0 Å². The van der Waals surface area contributed by atoms with Crippen molar-refractivity contribution in [3.8, 4) is 26.2 Å². The third-order valence-electron chi connectivity index (χ3n) is 4.66. The van der Waals surface area contributed by atoms with E-state index < -0.39 is 0 Å². The first-order valence-corrected chi connectivity index (χ1v) is 12.7. The quantitative estimate of drug-likeness (QED) is 0.335. The van der Waals surface area contributed by atoms with Gasteiger partial charge in [0, 0.05) is 6.54 Å². The number of rotatable bonds is 9. The highest BCUT2D eigenvalue weighted by molar-refractivity contribution is 7.99. The first-order chi connectivity index (χ1) is 15.6. The van der Waals surface area contributed by atoms with Gasteiger partial charge in [0.1, 0.15) is 21.5 Å². The number of carbonyl (C=O) groups is 1. The molecule has 3 heterocycles. The Morgan fingerprint density at radius 1 is 1.12 bits per heavy atom. The number of benzene rings is 1. The molecule has 0 spiro atoms. The molecule has 0 atom stereocenters. The minimum absolute atomic E-state index is 0.0327. The third-order valence-corrected chi connectivity index (χ3v) is 7.80. The fourth-order valence-electron chi connectivity index (χ4n) is 3.09. The second kappa shape index (κ2) is 10.7. The number of hydrogen-bond acceptors (Lipinski definition) is 8. The van der Waals surface area contributed by atoms with E-state index in [0.29, 0.717) is 17.3 Å². The Labute approximate surface area is 199 Å². The van der Waals surface area contributed by atoms with Gasteiger partial charge in [-0.15, -0.1) is 32.9 Å². The second-order valence-electron chi connectivity index (χ2n) is 6.87. The molecular formula is C23H22N4O2S3. The van der Waals surface area contributed by atoms with Gasteiger partial charge >= 0.3 is 0 Å². The van der Waals surface area contributed by atoms with Crippen LogP contribution in [-0.4, -0.2) is 40.5 Å². The van der Waals surface area contributed by atoms with Crippen molar-refractivity contribution in [3.05, 3.63) is 65.2 Å². The molecule has 0 fully saturated rings. The molecule has 1 amide bonds. The van der Waals surface area contributed by atoms with E-state index in [9.17, 15) is 4.79 Å². The summed E-state index contributed by atoms with van der Waals surface area (Å²) < 4.78 is 5.34. The monoisotopic (exact) mass is 482 g/mol. The molecule has 9 heteroatoms. The highest BCUT2D eigenvalue weighted by Crippen LogP contribution is 2.36. The van der Waals surface area contributed by atoms with Gasteiger partial charge in [0.15, 0.2) is 0 Å². The number of hydrogen-bond donors (Lipinski definition) is 1. The molecule has 0 bridgehead atoms. The molecule has 0 saturated heterocycles. The van der Waals surface area contributed by atoms with Crippen molar-refractivity contribution in [1.29, 1.82) is 0 Å². The average Bonchev–Trinajstić information content (AvgIpc) is 3.48. The van der Waals surface area contributed by atoms with Gasteiger partial charge in [-0.1, -0.05) is 36.0 Å². The van der Waals surface area contributed by atoms with Crippen LogP contribution >= 0.6 is 34.4 Å². The Hall–Kier alpha value is -2.75. The van der Waals surface area contributed by atoms with Crippen LogP contribution in [0.2, 0.25) is 0 Å². The minimum atomic E-state index is -0.0327. The summed E-state index contributed by atoms with van der Waals surface area (Å²) in [5.74, 6) is 1.10. The number of para-hydroxylation sites is 1. The number of aromatic nitrogens is 3. The number of ether oxygens (including phenoxy) is 1. The number of nitrogens with zero attached hydrogens (tertiary/aromatic N) is 3. The Morgan fingerprint density at radius 3 is 2.75 bits per heavy atom. The SMILES string of the molecule is COc1ccccc1CCNC(=O)CSc1ccc(-c2sc(-c3cccs3)nc2C)nn1. The van der Waals surface area contributed by atoms with Crippen LogP contribution in [0.1, 0.15) is 11.3 Å². The number of thioether (sulfide) groups is 1. The molecule has 164 valence electrons. The van der Waals surface area contributed by atoms with Crippen LogP contribution in [0.25, 0.3) is 20.5 Å². The number of aryl methyl sites for hydroxylation is 1. The van der Waals surface area contributed by atoms with Crippen LogP contribution in [0, 0.1) is 6.92 Å². The standard InChI is InChI=1S/C23H22N4O2S3/c1-15-22(32-23(25-15)19-8-5-13-30-19)17-9-10-21(27-26-17)31-14-20(28)24-12-11-16-6-3-4-7-18(16)29-2/h3-10,13H,11-12,14H2,1-2H3,(H,24,28). The van der Waals surface area contributed by atoms with E-state index in [1.54, 1.807) is 29.8 Å². The molecule has 3 aromatic heterocycles. The molecule has 4 rings (SSSR count). The van der Waals surface area contributed by atoms with E-state index >= 15 is 0 Å². The maximum Gasteiger partial charge on any atom is 0.230 e. The lowest BCUT2D eigenvalue weighted by Crippen LogP contribution is -2.27. The Morgan fingerprint density at radius 2 is 2.00 bits per heavy atom. The number of methoxy groups -OCH3 is 1. The first kappa shape index (κ1) is 22.4. The van der Waals surface area contributed by atoms with E-state index in [1.165, 1.54) is 11.8 Å². The van der Waals surface area contributed by atoms with Crippen LogP contribution in [-0.2, 0) is 11.2 Å². The third kappa shape index (κ3) is 5.53. The van der Waals surface area contributed by atoms with Crippen molar-refractivity contribution < 1.29 is 9.53 Å². The summed E-state index contributed by atoms with van der Waals surface area (Å²) in [6.07, 6.45) is 0.719. The predicted molar refractivity (Wildman–Crippen MR) is 132 cm³/mol. The van der Waals surface area contributed by atoms with Crippen molar-refractivity contribution in [2.75, 3.05) is 19.4 Å². The van der Waals surface area contributed by atoms with Gasteiger partial charge in [-0.2, -0.15) is 0 Å². The molecular weight excluding hydrogens is 460 g/mol. The largest absolute Gasteiger partial charge is 0.496 e. The van der Waals surface area contributed by atoms with Gasteiger partial charge in [0.2, 0.25) is 5.91 Å². The predicted octanol–water partition coefficient (Wildman–Crippen LogP) is 5.10. The van der Waals surface area contributed by atoms with Crippen molar-refractivity contribution >= 4 is 40.3 Å². The lowest BCUT2D eigenvalue weighted by atomic mass is 10.1. The average molecular weight is 483 g/mol. The van der Waals surface area contributed by atoms with Crippen LogP contribution in [0.4, 0.5) is 0 Å². The van der Waals surface area contributed by atoms with E-state index in [-0.39, 0.29) is 5.91 Å². The summed E-state index contributed by atoms with van der Waals surface area (Å²) in [5, 5.41) is 15.4. The molecule has 0 saturated carbocycles. The number of nitrogens with one attached hydrogen (secondary N) is 1. The maximum absolute atomic E-state index is 12.2. The summed E-state index contributed by atoms with van der Waals surface area (Å²) in [7, 11) is 1.65. The highest BCUT2D eigenvalue weighted by Gasteiger charge is 2.14. The molecule has 0 aliphatic carbocycles. The lowest BCUT2D eigenvalue weighted by Gasteiger charge is -2.09. The second-order valence-corrected chi connectivity index (χ2v) is 9.81. The van der Waals surface area contributed by atoms with E-state index in [0.717, 1.165) is 43.9 Å². The molecule has 6 nitrogen and oxygen atoms in total. The molecule has 0 aliphatic rings. The van der Waals surface area contributed by atoms with Gasteiger partial charge in [-0.25, -0.2) is 4.98 Å². The van der Waals surface area contributed by atoms with Crippen molar-refractivity contribution in [3.63, 3.8) is 0 Å². The highest BCUT2D eigenvalue weighted by atomic mass is 32.2. The van der Waals surface area contributed by atoms with Crippen LogP contribution in [0.3, 0.4) is 0 Å². The van der Waals surface area contributed by atoms with Crippen LogP contribution < -0.4 is 10.1 Å². The maximum atomic E-state index is 12.2. The Bertz CT molecular complexity index is 1170. The van der Waals surface area contributed by atoms with Crippen molar-refractivity contribution in [2.45, 2.75) is 18.4 Å². The number of carbonyl (C=O) groups excluding carboxylic acids is 1. The molecule has 0 radical (unpaired) electrons. The molecule has 1 N–H and O–H groups in total. The molecule has 4 aromatic rings. The van der Waals surface area contributed by atoms with E-state index in [1.807, 2.05) is 54.8 Å². The fraction of sp³-hybridized carbons (Fsp3) is 0.217. The Kier molecular flexibility index (Phi) is 7.51. The molecule has 32 heavy (non-hydrogen) atoms. The van der Waals surface area contributed by atoms with Gasteiger partial charge < -0.3 is 10.1 Å². The normalized spacial score (nSPS) is 10.8. The molecule has 1 aromatic carbocycles. The zero-order valence-corrected chi connectivity index (χ0v) is 20.1. The van der Waals surface area contributed by atoms with Crippen LogP contribution in [0.5, 0.6) is 5.75 Å². The van der Waals surface area contributed by atoms with Gasteiger partial charge in [-0.05, 0) is 48.6 Å². The summed E-state index contributed by atoms with van der Waals surface area (Å²) in [6.45, 7) is 2.55. The molecule has 0 aliphatic heterocycles. The summed E-state index contributed by atoms with van der Waals surface area (Å²) >= 11 is 4.67. The summed E-state index contributed by atoms with van der Waals surface area (Å²) in [6, 6.07) is 15.8. The van der Waals surface area contributed by atoms with Crippen molar-refractivity contribution in [2.24, 2.45) is 0 Å². The number of amides is 1. The Balaban J connectivity index is 1.28. The molecule has 0 unspecified atom stereocenters. The van der Waals surface area contributed by atoms with E-state index in [2.05, 4.69) is 26.6 Å². The first-order valence-electron chi connectivity index (χ1n) is 10.0. The van der Waals surface area contributed by atoms with Crippen molar-refractivity contribution in [1.82, 2.24) is 20.5 Å². The smallest absolute Gasteiger partial charge is 0.230 e. The minimum Gasteiger partial charge on any atom is -0.496 e. The fourth-order valence-corrected chi connectivity index (χ4v) is 5.57. The van der Waals surface area contributed by atoms with Gasteiger partial charge in [-0.3, -0.25) is 4.79 Å². The topological polar surface area (TPSA) is 77.0 Å². The summed E-state index contributed by atoms with van der Waals surface area (Å²) in [4.78, 5) is 19.0. The lowest BCUT2D eigenvalue weighted by molar-refractivity contribution is -0.118. The van der Waals surface area contributed by atoms with Gasteiger partial charge in [0.05, 0.1) is 28.3 Å².